The quantitative estimate of drug-likeness (QED) is 0.248. The summed E-state index contributed by atoms with van der Waals surface area (Å²) in [5.74, 6) is 0.595. The number of nitrogens with one attached hydrogen (secondary N) is 3. The van der Waals surface area contributed by atoms with Crippen molar-refractivity contribution in [3.05, 3.63) is 31.7 Å². The molecule has 0 fully saturated rings. The summed E-state index contributed by atoms with van der Waals surface area (Å²) >= 11 is 3.03. The normalized spacial score (nSPS) is 11.0. The van der Waals surface area contributed by atoms with Crippen LogP contribution in [-0.4, -0.2) is 42.0 Å². The Balaban J connectivity index is 0.00000312. The van der Waals surface area contributed by atoms with Crippen molar-refractivity contribution in [2.24, 2.45) is 4.99 Å². The number of hydrogen-bond donors (Lipinski definition) is 3. The molecular weight excluding hydrogens is 471 g/mol. The van der Waals surface area contributed by atoms with E-state index < -0.39 is 0 Å². The van der Waals surface area contributed by atoms with Crippen molar-refractivity contribution in [3.63, 3.8) is 0 Å². The van der Waals surface area contributed by atoms with Crippen LogP contribution in [0.4, 0.5) is 0 Å². The molecule has 0 saturated heterocycles. The topological polar surface area (TPSA) is 91.3 Å². The molecule has 3 N–H and O–H groups in total. The second-order valence-electron chi connectivity index (χ2n) is 5.12. The van der Waals surface area contributed by atoms with Crippen LogP contribution in [0.2, 0.25) is 0 Å². The number of aliphatic imine (C=N–C) groups is 1. The maximum Gasteiger partial charge on any atom is 0.263 e. The lowest BCUT2D eigenvalue weighted by Crippen LogP contribution is -2.41. The van der Waals surface area contributed by atoms with Crippen LogP contribution in [0.25, 0.3) is 0 Å². The molecule has 0 radical (unpaired) electrons. The molecule has 2 aromatic heterocycles. The van der Waals surface area contributed by atoms with Crippen LogP contribution >= 0.6 is 46.7 Å². The zero-order valence-electron chi connectivity index (χ0n) is 14.7. The lowest BCUT2D eigenvalue weighted by Gasteiger charge is -2.11. The molecule has 0 atom stereocenters. The molecule has 2 heterocycles. The molecule has 0 aromatic carbocycles. The van der Waals surface area contributed by atoms with Crippen molar-refractivity contribution < 1.29 is 4.79 Å². The highest BCUT2D eigenvalue weighted by Crippen LogP contribution is 2.15. The number of hydrogen-bond acceptors (Lipinski definition) is 6. The van der Waals surface area contributed by atoms with Crippen LogP contribution in [0.15, 0.2) is 10.5 Å². The van der Waals surface area contributed by atoms with Gasteiger partial charge in [-0.25, -0.2) is 9.97 Å². The summed E-state index contributed by atoms with van der Waals surface area (Å²) in [4.78, 5) is 26.6. The largest absolute Gasteiger partial charge is 0.355 e. The number of carbonyl (C=O) groups is 1. The van der Waals surface area contributed by atoms with Gasteiger partial charge in [-0.2, -0.15) is 0 Å². The number of amides is 1. The summed E-state index contributed by atoms with van der Waals surface area (Å²) in [6.45, 7) is 7.63. The first-order valence-corrected chi connectivity index (χ1v) is 9.26. The molecule has 7 nitrogen and oxygen atoms in total. The lowest BCUT2D eigenvalue weighted by molar-refractivity contribution is 0.0957. The van der Waals surface area contributed by atoms with E-state index >= 15 is 0 Å². The smallest absolute Gasteiger partial charge is 0.263 e. The Morgan fingerprint density at radius 1 is 1.16 bits per heavy atom. The maximum atomic E-state index is 12.0. The van der Waals surface area contributed by atoms with Gasteiger partial charge in [0.25, 0.3) is 5.91 Å². The van der Waals surface area contributed by atoms with E-state index in [1.54, 1.807) is 23.9 Å². The van der Waals surface area contributed by atoms with Crippen LogP contribution in [0.5, 0.6) is 0 Å². The van der Waals surface area contributed by atoms with E-state index in [0.717, 1.165) is 16.4 Å². The number of halogens is 1. The Hall–Kier alpha value is -1.27. The van der Waals surface area contributed by atoms with E-state index in [2.05, 4.69) is 37.8 Å². The third-order valence-electron chi connectivity index (χ3n) is 3.36. The first-order chi connectivity index (χ1) is 11.5. The van der Waals surface area contributed by atoms with Gasteiger partial charge in [0.15, 0.2) is 5.96 Å². The Morgan fingerprint density at radius 2 is 1.88 bits per heavy atom. The van der Waals surface area contributed by atoms with Crippen LogP contribution < -0.4 is 16.0 Å². The van der Waals surface area contributed by atoms with Gasteiger partial charge in [0, 0.05) is 25.0 Å². The van der Waals surface area contributed by atoms with E-state index in [0.29, 0.717) is 30.5 Å². The van der Waals surface area contributed by atoms with Gasteiger partial charge < -0.3 is 16.0 Å². The Kier molecular flexibility index (Phi) is 9.28. The third-order valence-corrected chi connectivity index (χ3v) is 5.36. The van der Waals surface area contributed by atoms with Crippen LogP contribution in [0, 0.1) is 20.8 Å². The lowest BCUT2D eigenvalue weighted by atomic mass is 10.4. The number of thiazole rings is 2. The fourth-order valence-electron chi connectivity index (χ4n) is 1.95. The average molecular weight is 494 g/mol. The molecule has 138 valence electrons. The Morgan fingerprint density at radius 3 is 2.44 bits per heavy atom. The fraction of sp³-hybridized carbons (Fsp3) is 0.467. The van der Waals surface area contributed by atoms with Crippen molar-refractivity contribution in [3.8, 4) is 0 Å². The minimum Gasteiger partial charge on any atom is -0.355 e. The predicted molar refractivity (Wildman–Crippen MR) is 114 cm³/mol. The first-order valence-electron chi connectivity index (χ1n) is 7.57. The van der Waals surface area contributed by atoms with Crippen molar-refractivity contribution in [1.82, 2.24) is 25.9 Å². The van der Waals surface area contributed by atoms with Crippen LogP contribution in [0.3, 0.4) is 0 Å². The molecule has 10 heteroatoms. The zero-order chi connectivity index (χ0) is 17.5. The zero-order valence-corrected chi connectivity index (χ0v) is 18.6. The van der Waals surface area contributed by atoms with Gasteiger partial charge in [-0.05, 0) is 20.8 Å². The Labute approximate surface area is 172 Å². The average Bonchev–Trinajstić information content (AvgIpc) is 3.12. The van der Waals surface area contributed by atoms with Gasteiger partial charge in [0.05, 0.1) is 23.4 Å². The van der Waals surface area contributed by atoms with Crippen LogP contribution in [0.1, 0.15) is 30.9 Å². The van der Waals surface area contributed by atoms with Gasteiger partial charge in [0.1, 0.15) is 9.88 Å². The van der Waals surface area contributed by atoms with E-state index in [-0.39, 0.29) is 29.9 Å². The fourth-order valence-corrected chi connectivity index (χ4v) is 3.54. The predicted octanol–water partition coefficient (Wildman–Crippen LogP) is 2.24. The number of aryl methyl sites for hydroxylation is 3. The summed E-state index contributed by atoms with van der Waals surface area (Å²) in [6.07, 6.45) is 0. The van der Waals surface area contributed by atoms with Gasteiger partial charge in [-0.1, -0.05) is 0 Å². The van der Waals surface area contributed by atoms with Gasteiger partial charge >= 0.3 is 0 Å². The van der Waals surface area contributed by atoms with Gasteiger partial charge in [-0.15, -0.1) is 46.7 Å². The van der Waals surface area contributed by atoms with E-state index in [4.69, 9.17) is 0 Å². The number of nitrogens with zero attached hydrogens (tertiary/aromatic N) is 3. The summed E-state index contributed by atoms with van der Waals surface area (Å²) in [7, 11) is 1.72. The highest BCUT2D eigenvalue weighted by Gasteiger charge is 2.10. The number of aromatic nitrogens is 2. The second-order valence-corrected chi connectivity index (χ2v) is 7.27. The molecule has 2 aromatic rings. The van der Waals surface area contributed by atoms with Crippen molar-refractivity contribution in [2.45, 2.75) is 27.3 Å². The highest BCUT2D eigenvalue weighted by molar-refractivity contribution is 14.0. The summed E-state index contributed by atoms with van der Waals surface area (Å²) in [6, 6.07) is 0. The highest BCUT2D eigenvalue weighted by atomic mass is 127. The molecule has 0 spiro atoms. The molecule has 0 saturated carbocycles. The molecule has 1 amide bonds. The molecule has 0 unspecified atom stereocenters. The third kappa shape index (κ3) is 6.51. The van der Waals surface area contributed by atoms with E-state index in [9.17, 15) is 4.79 Å². The van der Waals surface area contributed by atoms with Crippen LogP contribution in [-0.2, 0) is 6.54 Å². The van der Waals surface area contributed by atoms with Crippen molar-refractivity contribution >= 4 is 58.5 Å². The molecule has 2 rings (SSSR count). The monoisotopic (exact) mass is 494 g/mol. The minimum atomic E-state index is -0.0894. The Bertz CT molecular complexity index is 708. The van der Waals surface area contributed by atoms with Crippen molar-refractivity contribution in [1.29, 1.82) is 0 Å². The molecule has 0 aliphatic carbocycles. The summed E-state index contributed by atoms with van der Waals surface area (Å²) in [5.41, 5.74) is 3.51. The maximum absolute atomic E-state index is 12.0. The molecule has 0 aliphatic rings. The molecule has 25 heavy (non-hydrogen) atoms. The number of rotatable bonds is 6. The first kappa shape index (κ1) is 21.8. The van der Waals surface area contributed by atoms with E-state index in [1.807, 2.05) is 13.8 Å². The number of guanidine groups is 1. The molecule has 0 aliphatic heterocycles. The molecular formula is C15H23IN6OS2. The van der Waals surface area contributed by atoms with E-state index in [1.165, 1.54) is 16.2 Å². The number of carbonyl (C=O) groups excluding carboxylic acids is 1. The van der Waals surface area contributed by atoms with Gasteiger partial charge in [0.2, 0.25) is 0 Å². The SMILES string of the molecule is CN=C(NCCNC(=O)c1scnc1C)NCc1nc(C)c(C)s1.I. The summed E-state index contributed by atoms with van der Waals surface area (Å²) in [5, 5.41) is 10.3. The second kappa shape index (κ2) is 10.7. The molecule has 0 bridgehead atoms. The van der Waals surface area contributed by atoms with Gasteiger partial charge in [-0.3, -0.25) is 9.79 Å². The summed E-state index contributed by atoms with van der Waals surface area (Å²) < 4.78 is 0. The standard InChI is InChI=1S/C15H22N6OS2.HI/c1-9-11(3)24-12(21-9)7-19-15(16-4)18-6-5-17-14(22)13-10(2)20-8-23-13;/h8H,5-7H2,1-4H3,(H,17,22)(H2,16,18,19);1H. The van der Waals surface area contributed by atoms with Crippen molar-refractivity contribution in [2.75, 3.05) is 20.1 Å². The minimum absolute atomic E-state index is 0.